The number of rotatable bonds is 5. The molecule has 5 rings (SSSR count). The molecule has 4 heterocycles. The van der Waals surface area contributed by atoms with Gasteiger partial charge in [0.1, 0.15) is 34.6 Å². The summed E-state index contributed by atoms with van der Waals surface area (Å²) in [5, 5.41) is 5.70. The van der Waals surface area contributed by atoms with Gasteiger partial charge in [0.05, 0.1) is 20.3 Å². The quantitative estimate of drug-likeness (QED) is 0.569. The van der Waals surface area contributed by atoms with Crippen LogP contribution in [0.5, 0.6) is 11.5 Å². The summed E-state index contributed by atoms with van der Waals surface area (Å²) in [4.78, 5) is 25.2. The Morgan fingerprint density at radius 1 is 1.06 bits per heavy atom. The summed E-state index contributed by atoms with van der Waals surface area (Å²) >= 11 is 0. The lowest BCUT2D eigenvalue weighted by Gasteiger charge is -2.40. The zero-order valence-corrected chi connectivity index (χ0v) is 21.4. The molecule has 2 aliphatic rings. The third kappa shape index (κ3) is 4.45. The number of nitrogens with two attached hydrogens (primary N) is 1. The van der Waals surface area contributed by atoms with Gasteiger partial charge >= 0.3 is 6.09 Å². The lowest BCUT2D eigenvalue weighted by atomic mass is 9.91. The van der Waals surface area contributed by atoms with Gasteiger partial charge in [-0.2, -0.15) is 5.10 Å². The maximum Gasteiger partial charge on any atom is 0.410 e. The molecule has 2 aliphatic heterocycles. The van der Waals surface area contributed by atoms with Crippen LogP contribution in [-0.2, 0) is 4.74 Å². The second-order valence-electron chi connectivity index (χ2n) is 10.3. The molecule has 1 amide bonds. The number of methoxy groups -OCH3 is 2. The first-order valence-electron chi connectivity index (χ1n) is 12.1. The van der Waals surface area contributed by atoms with Crippen molar-refractivity contribution < 1.29 is 19.0 Å². The molecule has 2 N–H and O–H groups in total. The van der Waals surface area contributed by atoms with E-state index in [-0.39, 0.29) is 12.1 Å². The van der Waals surface area contributed by atoms with E-state index in [0.29, 0.717) is 30.5 Å². The molecule has 0 aliphatic carbocycles. The summed E-state index contributed by atoms with van der Waals surface area (Å²) in [6.45, 7) is 8.24. The Morgan fingerprint density at radius 3 is 2.39 bits per heavy atom. The van der Waals surface area contributed by atoms with Gasteiger partial charge in [0.25, 0.3) is 0 Å². The molecule has 0 spiro atoms. The summed E-state index contributed by atoms with van der Waals surface area (Å²) < 4.78 is 18.3. The van der Waals surface area contributed by atoms with Gasteiger partial charge < -0.3 is 29.7 Å². The number of hydrogen-bond acceptors (Lipinski definition) is 9. The highest BCUT2D eigenvalue weighted by Crippen LogP contribution is 2.39. The molecule has 3 aromatic rings. The van der Waals surface area contributed by atoms with Crippen molar-refractivity contribution in [1.29, 1.82) is 0 Å². The third-order valence-electron chi connectivity index (χ3n) is 6.69. The number of aromatic nitrogens is 4. The number of carbonyl (C=O) groups excluding carboxylic acids is 1. The molecular formula is C25H33N7O4. The van der Waals surface area contributed by atoms with E-state index in [1.807, 2.05) is 43.7 Å². The van der Waals surface area contributed by atoms with Crippen molar-refractivity contribution in [3.05, 3.63) is 30.1 Å². The molecule has 0 bridgehead atoms. The Balaban J connectivity index is 1.38. The van der Waals surface area contributed by atoms with Crippen molar-refractivity contribution in [2.24, 2.45) is 0 Å². The zero-order chi connectivity index (χ0) is 25.6. The molecule has 2 fully saturated rings. The highest BCUT2D eigenvalue weighted by Gasteiger charge is 2.36. The van der Waals surface area contributed by atoms with E-state index in [0.717, 1.165) is 47.8 Å². The minimum atomic E-state index is -0.538. The minimum absolute atomic E-state index is 0.0252. The molecule has 2 saturated heterocycles. The van der Waals surface area contributed by atoms with Gasteiger partial charge in [-0.3, -0.25) is 0 Å². The van der Waals surface area contributed by atoms with Crippen molar-refractivity contribution in [3.63, 3.8) is 0 Å². The Bertz CT molecular complexity index is 1260. The van der Waals surface area contributed by atoms with E-state index in [1.165, 1.54) is 6.33 Å². The van der Waals surface area contributed by atoms with Crippen LogP contribution >= 0.6 is 0 Å². The van der Waals surface area contributed by atoms with Gasteiger partial charge in [0.15, 0.2) is 11.5 Å². The number of nitrogens with zero attached hydrogens (tertiary/aromatic N) is 6. The van der Waals surface area contributed by atoms with Crippen LogP contribution in [0.3, 0.4) is 0 Å². The van der Waals surface area contributed by atoms with Crippen molar-refractivity contribution in [2.75, 3.05) is 51.0 Å². The fourth-order valence-electron chi connectivity index (χ4n) is 4.81. The molecule has 0 radical (unpaired) electrons. The van der Waals surface area contributed by atoms with Crippen LogP contribution in [0.15, 0.2) is 24.5 Å². The zero-order valence-electron chi connectivity index (χ0n) is 21.4. The molecule has 11 heteroatoms. The number of hydrogen-bond donors (Lipinski definition) is 1. The van der Waals surface area contributed by atoms with Gasteiger partial charge in [-0.15, -0.1) is 0 Å². The minimum Gasteiger partial charge on any atom is -0.497 e. The number of benzene rings is 1. The number of nitrogen functional groups attached to an aromatic ring is 1. The van der Waals surface area contributed by atoms with E-state index < -0.39 is 5.60 Å². The first-order valence-corrected chi connectivity index (χ1v) is 12.1. The van der Waals surface area contributed by atoms with Gasteiger partial charge in [-0.1, -0.05) is 0 Å². The lowest BCUT2D eigenvalue weighted by Crippen LogP contribution is -2.45. The lowest BCUT2D eigenvalue weighted by molar-refractivity contribution is 0.0288. The first kappa shape index (κ1) is 24.0. The molecule has 1 aromatic carbocycles. The second kappa shape index (κ2) is 9.03. The maximum atomic E-state index is 12.6. The van der Waals surface area contributed by atoms with Crippen LogP contribution in [0, 0.1) is 0 Å². The topological polar surface area (TPSA) is 121 Å². The normalized spacial score (nSPS) is 18.4. The number of ether oxygens (including phenoxy) is 3. The monoisotopic (exact) mass is 495 g/mol. The fourth-order valence-corrected chi connectivity index (χ4v) is 4.81. The third-order valence-corrected chi connectivity index (χ3v) is 6.69. The van der Waals surface area contributed by atoms with Gasteiger partial charge in [0, 0.05) is 38.2 Å². The number of carbonyl (C=O) groups is 1. The molecule has 0 saturated carbocycles. The van der Waals surface area contributed by atoms with Crippen LogP contribution in [-0.4, -0.2) is 76.7 Å². The molecule has 2 aromatic heterocycles. The average Bonchev–Trinajstić information content (AvgIpc) is 3.43. The van der Waals surface area contributed by atoms with Crippen LogP contribution in [0.1, 0.15) is 44.7 Å². The standard InChI is InChI=1S/C25H33N7O4/c1-25(2,3)36-24(33)30-7-6-17(13-30)32-22-20(21(26)27-14-28-22)23(29-32)31-11-16(12-31)15-8-18(34-4)10-19(9-15)35-5/h8-10,14,16-17H,6-7,11-13H2,1-5H3,(H2,26,27,28)/t17-/m0/s1. The predicted octanol–water partition coefficient (Wildman–Crippen LogP) is 3.21. The van der Waals surface area contributed by atoms with Crippen LogP contribution in [0.25, 0.3) is 11.0 Å². The summed E-state index contributed by atoms with van der Waals surface area (Å²) in [6.07, 6.45) is 1.91. The Labute approximate surface area is 210 Å². The summed E-state index contributed by atoms with van der Waals surface area (Å²) in [5.74, 6) is 3.01. The highest BCUT2D eigenvalue weighted by molar-refractivity contribution is 5.96. The number of fused-ring (bicyclic) bond motifs is 1. The molecule has 11 nitrogen and oxygen atoms in total. The van der Waals surface area contributed by atoms with E-state index >= 15 is 0 Å². The molecule has 0 unspecified atom stereocenters. The fraction of sp³-hybridized carbons (Fsp3) is 0.520. The summed E-state index contributed by atoms with van der Waals surface area (Å²) in [6, 6.07) is 5.93. The first-order chi connectivity index (χ1) is 17.2. The van der Waals surface area contributed by atoms with Crippen LogP contribution in [0.2, 0.25) is 0 Å². The Hall–Kier alpha value is -3.76. The van der Waals surface area contributed by atoms with E-state index in [2.05, 4.69) is 14.9 Å². The molecular weight excluding hydrogens is 462 g/mol. The van der Waals surface area contributed by atoms with E-state index in [1.54, 1.807) is 19.1 Å². The average molecular weight is 496 g/mol. The van der Waals surface area contributed by atoms with Gasteiger partial charge in [0.2, 0.25) is 0 Å². The molecule has 36 heavy (non-hydrogen) atoms. The van der Waals surface area contributed by atoms with Crippen molar-refractivity contribution >= 4 is 28.8 Å². The second-order valence-corrected chi connectivity index (χ2v) is 10.3. The van der Waals surface area contributed by atoms with Crippen molar-refractivity contribution in [3.8, 4) is 11.5 Å². The summed E-state index contributed by atoms with van der Waals surface area (Å²) in [5.41, 5.74) is 7.60. The van der Waals surface area contributed by atoms with Crippen molar-refractivity contribution in [2.45, 2.75) is 44.8 Å². The molecule has 192 valence electrons. The van der Waals surface area contributed by atoms with Gasteiger partial charge in [-0.25, -0.2) is 19.4 Å². The van der Waals surface area contributed by atoms with E-state index in [9.17, 15) is 4.79 Å². The Kier molecular flexibility index (Phi) is 6.01. The summed E-state index contributed by atoms with van der Waals surface area (Å²) in [7, 11) is 3.31. The predicted molar refractivity (Wildman–Crippen MR) is 136 cm³/mol. The Morgan fingerprint density at radius 2 is 1.75 bits per heavy atom. The van der Waals surface area contributed by atoms with Crippen molar-refractivity contribution in [1.82, 2.24) is 24.6 Å². The van der Waals surface area contributed by atoms with Crippen LogP contribution in [0.4, 0.5) is 16.4 Å². The van der Waals surface area contributed by atoms with Crippen LogP contribution < -0.4 is 20.1 Å². The number of anilines is 2. The molecule has 1 atom stereocenters. The highest BCUT2D eigenvalue weighted by atomic mass is 16.6. The van der Waals surface area contributed by atoms with Gasteiger partial charge in [-0.05, 0) is 44.9 Å². The maximum absolute atomic E-state index is 12.6. The number of likely N-dealkylation sites (tertiary alicyclic amines) is 1. The number of amides is 1. The largest absolute Gasteiger partial charge is 0.497 e. The SMILES string of the molecule is COc1cc(OC)cc(C2CN(c3nn([C@H]4CCN(C(=O)OC(C)(C)C)C4)c4ncnc(N)c34)C2)c1. The van der Waals surface area contributed by atoms with E-state index in [4.69, 9.17) is 25.0 Å². The smallest absolute Gasteiger partial charge is 0.410 e.